The van der Waals surface area contributed by atoms with Crippen molar-refractivity contribution in [1.82, 2.24) is 4.98 Å². The van der Waals surface area contributed by atoms with E-state index in [4.69, 9.17) is 11.0 Å². The van der Waals surface area contributed by atoms with Crippen LogP contribution in [0.1, 0.15) is 31.0 Å². The minimum Gasteiger partial charge on any atom is -0.364 e. The van der Waals surface area contributed by atoms with Crippen LogP contribution in [0.3, 0.4) is 0 Å². The third kappa shape index (κ3) is 1.14. The van der Waals surface area contributed by atoms with E-state index in [-0.39, 0.29) is 11.5 Å². The number of nitrogens with zero attached hydrogens (tertiary/aromatic N) is 1. The van der Waals surface area contributed by atoms with Crippen molar-refractivity contribution < 1.29 is 0 Å². The molecule has 0 amide bonds. The molecule has 0 aliphatic heterocycles. The molecule has 68 valence electrons. The van der Waals surface area contributed by atoms with E-state index in [1.807, 2.05) is 18.3 Å². The standard InChI is InChI=1S/C10H13N3/c11-7-10(4-2-5-10)9(12)8-3-1-6-13-8/h1,3,6,9,13H,2,4-5,12H2. The van der Waals surface area contributed by atoms with Gasteiger partial charge in [0.15, 0.2) is 0 Å². The van der Waals surface area contributed by atoms with Crippen molar-refractivity contribution in [1.29, 1.82) is 5.26 Å². The summed E-state index contributed by atoms with van der Waals surface area (Å²) in [5.41, 5.74) is 6.71. The van der Waals surface area contributed by atoms with Crippen LogP contribution in [-0.2, 0) is 0 Å². The molecule has 1 heterocycles. The third-order valence-corrected chi connectivity index (χ3v) is 3.02. The highest BCUT2D eigenvalue weighted by atomic mass is 14.8. The summed E-state index contributed by atoms with van der Waals surface area (Å²) < 4.78 is 0. The lowest BCUT2D eigenvalue weighted by Gasteiger charge is -2.39. The number of aromatic amines is 1. The van der Waals surface area contributed by atoms with Gasteiger partial charge < -0.3 is 10.7 Å². The maximum absolute atomic E-state index is 9.06. The normalized spacial score (nSPS) is 21.5. The van der Waals surface area contributed by atoms with Crippen LogP contribution in [0, 0.1) is 16.7 Å². The average Bonchev–Trinajstić information content (AvgIpc) is 2.54. The first kappa shape index (κ1) is 8.33. The molecule has 1 aliphatic carbocycles. The van der Waals surface area contributed by atoms with Gasteiger partial charge in [0.05, 0.1) is 17.5 Å². The van der Waals surface area contributed by atoms with Gasteiger partial charge in [0.25, 0.3) is 0 Å². The zero-order valence-electron chi connectivity index (χ0n) is 7.46. The number of nitriles is 1. The highest BCUT2D eigenvalue weighted by Crippen LogP contribution is 2.48. The predicted molar refractivity (Wildman–Crippen MR) is 49.6 cm³/mol. The van der Waals surface area contributed by atoms with Gasteiger partial charge in [-0.2, -0.15) is 5.26 Å². The first-order chi connectivity index (χ1) is 6.28. The summed E-state index contributed by atoms with van der Waals surface area (Å²) in [4.78, 5) is 3.07. The van der Waals surface area contributed by atoms with E-state index < -0.39 is 0 Å². The molecule has 3 nitrogen and oxygen atoms in total. The maximum atomic E-state index is 9.06. The van der Waals surface area contributed by atoms with Crippen molar-refractivity contribution in [3.63, 3.8) is 0 Å². The molecule has 13 heavy (non-hydrogen) atoms. The van der Waals surface area contributed by atoms with E-state index in [1.54, 1.807) is 0 Å². The first-order valence-corrected chi connectivity index (χ1v) is 4.59. The summed E-state index contributed by atoms with van der Waals surface area (Å²) in [5.74, 6) is 0. The average molecular weight is 175 g/mol. The van der Waals surface area contributed by atoms with Crippen molar-refractivity contribution in [2.24, 2.45) is 11.1 Å². The SMILES string of the molecule is N#CC1(C(N)c2ccc[nH]2)CCC1. The summed E-state index contributed by atoms with van der Waals surface area (Å²) in [6.07, 6.45) is 4.84. The Labute approximate surface area is 77.6 Å². The Balaban J connectivity index is 2.22. The maximum Gasteiger partial charge on any atom is 0.0780 e. The zero-order valence-corrected chi connectivity index (χ0v) is 7.46. The quantitative estimate of drug-likeness (QED) is 0.718. The van der Waals surface area contributed by atoms with Gasteiger partial charge >= 0.3 is 0 Å². The Kier molecular flexibility index (Phi) is 1.86. The van der Waals surface area contributed by atoms with Crippen molar-refractivity contribution in [2.75, 3.05) is 0 Å². The van der Waals surface area contributed by atoms with Gasteiger partial charge in [0, 0.05) is 11.9 Å². The molecule has 1 fully saturated rings. The largest absolute Gasteiger partial charge is 0.364 e. The van der Waals surface area contributed by atoms with Crippen molar-refractivity contribution in [2.45, 2.75) is 25.3 Å². The van der Waals surface area contributed by atoms with Crippen LogP contribution in [-0.4, -0.2) is 4.98 Å². The van der Waals surface area contributed by atoms with Gasteiger partial charge in [-0.05, 0) is 25.0 Å². The lowest BCUT2D eigenvalue weighted by molar-refractivity contribution is 0.167. The second-order valence-corrected chi connectivity index (χ2v) is 3.72. The van der Waals surface area contributed by atoms with Crippen LogP contribution in [0.4, 0.5) is 0 Å². The van der Waals surface area contributed by atoms with Crippen LogP contribution in [0.25, 0.3) is 0 Å². The number of hydrogen-bond acceptors (Lipinski definition) is 2. The van der Waals surface area contributed by atoms with E-state index in [0.29, 0.717) is 0 Å². The van der Waals surface area contributed by atoms with E-state index >= 15 is 0 Å². The number of hydrogen-bond donors (Lipinski definition) is 2. The number of nitrogens with two attached hydrogens (primary N) is 1. The molecule has 1 saturated carbocycles. The lowest BCUT2D eigenvalue weighted by Crippen LogP contribution is -2.39. The molecule has 1 aromatic rings. The molecule has 1 aromatic heterocycles. The van der Waals surface area contributed by atoms with Crippen molar-refractivity contribution in [3.05, 3.63) is 24.0 Å². The zero-order chi connectivity index (χ0) is 9.31. The summed E-state index contributed by atoms with van der Waals surface area (Å²) in [6, 6.07) is 6.07. The van der Waals surface area contributed by atoms with Gasteiger partial charge in [-0.3, -0.25) is 0 Å². The van der Waals surface area contributed by atoms with Crippen LogP contribution >= 0.6 is 0 Å². The van der Waals surface area contributed by atoms with Gasteiger partial charge in [-0.15, -0.1) is 0 Å². The smallest absolute Gasteiger partial charge is 0.0780 e. The van der Waals surface area contributed by atoms with Gasteiger partial charge in [-0.25, -0.2) is 0 Å². The van der Waals surface area contributed by atoms with Gasteiger partial charge in [0.2, 0.25) is 0 Å². The Bertz CT molecular complexity index is 316. The fourth-order valence-electron chi connectivity index (χ4n) is 1.89. The second-order valence-electron chi connectivity index (χ2n) is 3.72. The van der Waals surface area contributed by atoms with Gasteiger partial charge in [0.1, 0.15) is 0 Å². The summed E-state index contributed by atoms with van der Waals surface area (Å²) in [5, 5.41) is 9.06. The predicted octanol–water partition coefficient (Wildman–Crippen LogP) is 1.71. The minimum atomic E-state index is -0.301. The van der Waals surface area contributed by atoms with E-state index in [9.17, 15) is 0 Å². The Morgan fingerprint density at radius 3 is 2.77 bits per heavy atom. The van der Waals surface area contributed by atoms with Crippen LogP contribution < -0.4 is 5.73 Å². The monoisotopic (exact) mass is 175 g/mol. The molecule has 0 aromatic carbocycles. The highest BCUT2D eigenvalue weighted by Gasteiger charge is 2.43. The van der Waals surface area contributed by atoms with E-state index in [1.165, 1.54) is 0 Å². The Morgan fingerprint density at radius 1 is 1.62 bits per heavy atom. The molecule has 1 aliphatic rings. The number of H-pyrrole nitrogens is 1. The van der Waals surface area contributed by atoms with Gasteiger partial charge in [-0.1, -0.05) is 6.42 Å². The molecule has 1 unspecified atom stereocenters. The molecule has 0 saturated heterocycles. The molecule has 3 N–H and O–H groups in total. The number of nitrogens with one attached hydrogen (secondary N) is 1. The topological polar surface area (TPSA) is 65.6 Å². The molecule has 0 spiro atoms. The lowest BCUT2D eigenvalue weighted by atomic mass is 9.64. The Morgan fingerprint density at radius 2 is 2.38 bits per heavy atom. The van der Waals surface area contributed by atoms with Crippen LogP contribution in [0.5, 0.6) is 0 Å². The molecule has 0 radical (unpaired) electrons. The fraction of sp³-hybridized carbons (Fsp3) is 0.500. The second kappa shape index (κ2) is 2.90. The summed E-state index contributed by atoms with van der Waals surface area (Å²) >= 11 is 0. The van der Waals surface area contributed by atoms with Crippen LogP contribution in [0.2, 0.25) is 0 Å². The van der Waals surface area contributed by atoms with Crippen LogP contribution in [0.15, 0.2) is 18.3 Å². The third-order valence-electron chi connectivity index (χ3n) is 3.02. The van der Waals surface area contributed by atoms with E-state index in [0.717, 1.165) is 25.0 Å². The first-order valence-electron chi connectivity index (χ1n) is 4.59. The Hall–Kier alpha value is -1.27. The molecule has 3 heteroatoms. The minimum absolute atomic E-state index is 0.152. The molecule has 1 atom stereocenters. The van der Waals surface area contributed by atoms with Crippen molar-refractivity contribution in [3.8, 4) is 6.07 Å². The molecular formula is C10H13N3. The molecule has 0 bridgehead atoms. The summed E-state index contributed by atoms with van der Waals surface area (Å²) in [7, 11) is 0. The molecule has 2 rings (SSSR count). The summed E-state index contributed by atoms with van der Waals surface area (Å²) in [6.45, 7) is 0. The molecular weight excluding hydrogens is 162 g/mol. The van der Waals surface area contributed by atoms with Crippen molar-refractivity contribution >= 4 is 0 Å². The highest BCUT2D eigenvalue weighted by molar-refractivity contribution is 5.20. The fourth-order valence-corrected chi connectivity index (χ4v) is 1.89. The number of rotatable bonds is 2. The van der Waals surface area contributed by atoms with E-state index in [2.05, 4.69) is 11.1 Å². The number of aromatic nitrogens is 1.